The van der Waals surface area contributed by atoms with E-state index >= 15 is 0 Å². The van der Waals surface area contributed by atoms with Gasteiger partial charge in [0.05, 0.1) is 4.92 Å². The van der Waals surface area contributed by atoms with Gasteiger partial charge in [0, 0.05) is 12.3 Å². The second-order valence-electron chi connectivity index (χ2n) is 1.36. The predicted octanol–water partition coefficient (Wildman–Crippen LogP) is 1.19. The molecule has 0 aliphatic carbocycles. The summed E-state index contributed by atoms with van der Waals surface area (Å²) < 4.78 is 0. The zero-order chi connectivity index (χ0) is 7.28. The van der Waals surface area contributed by atoms with E-state index in [-0.39, 0.29) is 5.70 Å². The summed E-state index contributed by atoms with van der Waals surface area (Å²) in [7, 11) is 0. The Kier molecular flexibility index (Phi) is 3.14. The Morgan fingerprint density at radius 2 is 2.44 bits per heavy atom. The van der Waals surface area contributed by atoms with Gasteiger partial charge in [0.15, 0.2) is 0 Å². The number of rotatable bonds is 1. The summed E-state index contributed by atoms with van der Waals surface area (Å²) >= 11 is 0. The molecule has 0 saturated carbocycles. The molecule has 0 radical (unpaired) electrons. The highest BCUT2D eigenvalue weighted by Crippen LogP contribution is 1.85. The first-order chi connectivity index (χ1) is 4.18. The number of hydrogen-bond acceptors (Lipinski definition) is 2. The van der Waals surface area contributed by atoms with Crippen LogP contribution in [0.5, 0.6) is 0 Å². The van der Waals surface area contributed by atoms with Crippen LogP contribution in [0.1, 0.15) is 13.3 Å². The fourth-order valence-corrected chi connectivity index (χ4v) is 0.236. The Hall–Kier alpha value is -1.30. The molecule has 0 rings (SSSR count). The first kappa shape index (κ1) is 7.70. The van der Waals surface area contributed by atoms with Crippen molar-refractivity contribution in [1.29, 1.82) is 0 Å². The lowest BCUT2D eigenvalue weighted by Crippen LogP contribution is -1.92. The summed E-state index contributed by atoms with van der Waals surface area (Å²) in [5.74, 6) is 4.83. The molecule has 48 valence electrons. The average Bonchev–Trinajstić information content (AvgIpc) is 1.82. The molecule has 0 fully saturated rings. The van der Waals surface area contributed by atoms with Crippen LogP contribution >= 0.6 is 0 Å². The molecule has 0 bridgehead atoms. The van der Waals surface area contributed by atoms with Crippen molar-refractivity contribution in [2.45, 2.75) is 13.3 Å². The Morgan fingerprint density at radius 1 is 1.89 bits per heavy atom. The summed E-state index contributed by atoms with van der Waals surface area (Å²) in [5, 5.41) is 9.81. The number of hydrogen-bond donors (Lipinski definition) is 0. The van der Waals surface area contributed by atoms with Gasteiger partial charge < -0.3 is 0 Å². The van der Waals surface area contributed by atoms with Crippen molar-refractivity contribution in [3.05, 3.63) is 22.4 Å². The molecule has 9 heavy (non-hydrogen) atoms. The minimum Gasteiger partial charge on any atom is -0.258 e. The fourth-order valence-electron chi connectivity index (χ4n) is 0.236. The summed E-state index contributed by atoms with van der Waals surface area (Å²) in [5.41, 5.74) is -0.239. The van der Waals surface area contributed by atoms with Crippen molar-refractivity contribution in [2.24, 2.45) is 0 Å². The Labute approximate surface area is 53.5 Å². The fraction of sp³-hybridized carbons (Fsp3) is 0.333. The maximum atomic E-state index is 9.81. The maximum absolute atomic E-state index is 9.81. The third-order valence-electron chi connectivity index (χ3n) is 0.630. The molecule has 3 heteroatoms. The van der Waals surface area contributed by atoms with Crippen molar-refractivity contribution in [2.75, 3.05) is 0 Å². The Morgan fingerprint density at radius 3 is 2.78 bits per heavy atom. The Bertz CT molecular complexity index is 185. The highest BCUT2D eigenvalue weighted by Gasteiger charge is 1.97. The third kappa shape index (κ3) is 3.30. The minimum absolute atomic E-state index is 0.239. The second kappa shape index (κ2) is 3.67. The molecular weight excluding hydrogens is 118 g/mol. The molecule has 0 saturated heterocycles. The van der Waals surface area contributed by atoms with Crippen LogP contribution < -0.4 is 0 Å². The van der Waals surface area contributed by atoms with E-state index in [1.165, 1.54) is 0 Å². The lowest BCUT2D eigenvalue weighted by molar-refractivity contribution is -0.416. The normalized spacial score (nSPS) is 7.22. The molecule has 0 unspecified atom stereocenters. The molecule has 0 aliphatic rings. The van der Waals surface area contributed by atoms with Crippen molar-refractivity contribution < 1.29 is 4.92 Å². The molecule has 0 N–H and O–H groups in total. The molecule has 0 amide bonds. The number of nitro groups is 1. The van der Waals surface area contributed by atoms with Crippen LogP contribution in [-0.4, -0.2) is 4.92 Å². The van der Waals surface area contributed by atoms with E-state index in [4.69, 9.17) is 0 Å². The van der Waals surface area contributed by atoms with Gasteiger partial charge >= 0.3 is 5.70 Å². The molecule has 0 aromatic carbocycles. The van der Waals surface area contributed by atoms with E-state index in [0.717, 1.165) is 0 Å². The minimum atomic E-state index is -0.595. The van der Waals surface area contributed by atoms with Crippen molar-refractivity contribution >= 4 is 0 Å². The van der Waals surface area contributed by atoms with E-state index in [9.17, 15) is 10.1 Å². The summed E-state index contributed by atoms with van der Waals surface area (Å²) in [6, 6.07) is 0. The number of nitrogens with zero attached hydrogens (tertiary/aromatic N) is 1. The van der Waals surface area contributed by atoms with Gasteiger partial charge in [0.25, 0.3) is 0 Å². The van der Waals surface area contributed by atoms with Crippen molar-refractivity contribution in [3.8, 4) is 11.8 Å². The van der Waals surface area contributed by atoms with Gasteiger partial charge in [0.1, 0.15) is 0 Å². The average molecular weight is 125 g/mol. The van der Waals surface area contributed by atoms with Crippen LogP contribution in [0.4, 0.5) is 0 Å². The predicted molar refractivity (Wildman–Crippen MR) is 34.2 cm³/mol. The van der Waals surface area contributed by atoms with Gasteiger partial charge in [0.2, 0.25) is 0 Å². The van der Waals surface area contributed by atoms with Crippen LogP contribution in [0, 0.1) is 22.0 Å². The lowest BCUT2D eigenvalue weighted by Gasteiger charge is -1.79. The highest BCUT2D eigenvalue weighted by atomic mass is 16.6. The lowest BCUT2D eigenvalue weighted by atomic mass is 10.4. The van der Waals surface area contributed by atoms with E-state index in [0.29, 0.717) is 6.42 Å². The SMILES string of the molecule is C=C(C#CCC)[N+](=O)[O-]. The van der Waals surface area contributed by atoms with Gasteiger partial charge in [-0.2, -0.15) is 0 Å². The molecule has 0 atom stereocenters. The van der Waals surface area contributed by atoms with Gasteiger partial charge in [-0.05, 0) is 6.58 Å². The van der Waals surface area contributed by atoms with Gasteiger partial charge in [-0.3, -0.25) is 10.1 Å². The summed E-state index contributed by atoms with van der Waals surface area (Å²) in [4.78, 5) is 9.21. The van der Waals surface area contributed by atoms with E-state index in [1.54, 1.807) is 0 Å². The topological polar surface area (TPSA) is 43.1 Å². The van der Waals surface area contributed by atoms with E-state index < -0.39 is 4.92 Å². The highest BCUT2D eigenvalue weighted by molar-refractivity contribution is 5.18. The zero-order valence-corrected chi connectivity index (χ0v) is 5.18. The van der Waals surface area contributed by atoms with Gasteiger partial charge in [-0.15, -0.1) is 0 Å². The van der Waals surface area contributed by atoms with Crippen LogP contribution in [0.3, 0.4) is 0 Å². The standard InChI is InChI=1S/C6H7NO2/c1-3-4-5-6(2)7(8)9/h2-3H2,1H3. The summed E-state index contributed by atoms with van der Waals surface area (Å²) in [6.07, 6.45) is 0.618. The van der Waals surface area contributed by atoms with Gasteiger partial charge in [-0.1, -0.05) is 12.8 Å². The van der Waals surface area contributed by atoms with Crippen LogP contribution in [0.2, 0.25) is 0 Å². The molecule has 0 aliphatic heterocycles. The third-order valence-corrected chi connectivity index (χ3v) is 0.630. The first-order valence-corrected chi connectivity index (χ1v) is 2.50. The zero-order valence-electron chi connectivity index (χ0n) is 5.18. The molecule has 3 nitrogen and oxygen atoms in total. The first-order valence-electron chi connectivity index (χ1n) is 2.50. The summed E-state index contributed by atoms with van der Waals surface area (Å²) in [6.45, 7) is 4.94. The smallest absolute Gasteiger partial charge is 0.258 e. The quantitative estimate of drug-likeness (QED) is 0.300. The maximum Gasteiger partial charge on any atom is 0.312 e. The Balaban J connectivity index is 3.92. The monoisotopic (exact) mass is 125 g/mol. The molecule has 0 spiro atoms. The molecule has 0 heterocycles. The second-order valence-corrected chi connectivity index (χ2v) is 1.36. The largest absolute Gasteiger partial charge is 0.312 e. The van der Waals surface area contributed by atoms with E-state index in [1.807, 2.05) is 6.92 Å². The van der Waals surface area contributed by atoms with Gasteiger partial charge in [-0.25, -0.2) is 0 Å². The molecular formula is C6H7NO2. The van der Waals surface area contributed by atoms with Crippen molar-refractivity contribution in [1.82, 2.24) is 0 Å². The van der Waals surface area contributed by atoms with Crippen molar-refractivity contribution in [3.63, 3.8) is 0 Å². The number of allylic oxidation sites excluding steroid dienone is 1. The van der Waals surface area contributed by atoms with Crippen LogP contribution in [-0.2, 0) is 0 Å². The van der Waals surface area contributed by atoms with Crippen LogP contribution in [0.15, 0.2) is 12.3 Å². The van der Waals surface area contributed by atoms with Crippen LogP contribution in [0.25, 0.3) is 0 Å². The molecule has 0 aromatic rings. The van der Waals surface area contributed by atoms with E-state index in [2.05, 4.69) is 18.4 Å². The molecule has 0 aromatic heterocycles.